The predicted octanol–water partition coefficient (Wildman–Crippen LogP) is 9.05. The molecule has 1 aromatic rings. The molecule has 174 valence electrons. The van der Waals surface area contributed by atoms with Crippen LogP contribution in [0.2, 0.25) is 0 Å². The van der Waals surface area contributed by atoms with Crippen molar-refractivity contribution in [2.24, 2.45) is 17.8 Å². The van der Waals surface area contributed by atoms with E-state index in [0.29, 0.717) is 12.0 Å². The quantitative estimate of drug-likeness (QED) is 0.148. The van der Waals surface area contributed by atoms with Crippen LogP contribution in [0.15, 0.2) is 24.3 Å². The molecule has 0 amide bonds. The lowest BCUT2D eigenvalue weighted by Gasteiger charge is -2.32. The van der Waals surface area contributed by atoms with Crippen molar-refractivity contribution in [3.05, 3.63) is 47.3 Å². The molecule has 1 aromatic carbocycles. The Labute approximate surface area is 185 Å². The third kappa shape index (κ3) is 7.64. The van der Waals surface area contributed by atoms with E-state index in [0.717, 1.165) is 56.3 Å². The highest BCUT2D eigenvalue weighted by atomic mass is 19.2. The van der Waals surface area contributed by atoms with Crippen LogP contribution in [0.25, 0.3) is 0 Å². The average Bonchev–Trinajstić information content (AvgIpc) is 2.79. The summed E-state index contributed by atoms with van der Waals surface area (Å²) in [6.45, 7) is -0.201. The molecule has 0 N–H and O–H groups in total. The minimum Gasteiger partial charge on any atom is -0.251 e. The largest absolute Gasteiger partial charge is 0.251 e. The summed E-state index contributed by atoms with van der Waals surface area (Å²) in [5.41, 5.74) is 0.615. The summed E-state index contributed by atoms with van der Waals surface area (Å²) in [6, 6.07) is 2.36. The first kappa shape index (κ1) is 24.3. The Bertz CT molecular complexity index is 659. The van der Waals surface area contributed by atoms with Crippen LogP contribution in [-0.2, 0) is 0 Å². The second-order valence-electron chi connectivity index (χ2n) is 9.87. The lowest BCUT2D eigenvalue weighted by molar-refractivity contribution is 0.231. The Morgan fingerprint density at radius 3 is 1.84 bits per heavy atom. The maximum atomic E-state index is 13.5. The molecule has 2 saturated carbocycles. The van der Waals surface area contributed by atoms with Gasteiger partial charge in [0.25, 0.3) is 0 Å². The molecule has 31 heavy (non-hydrogen) atoms. The van der Waals surface area contributed by atoms with Crippen LogP contribution < -0.4 is 0 Å². The number of alkyl halides is 1. The van der Waals surface area contributed by atoms with Gasteiger partial charge in [-0.2, -0.15) is 0 Å². The molecule has 0 saturated heterocycles. The van der Waals surface area contributed by atoms with Crippen LogP contribution in [0.1, 0.15) is 101 Å². The monoisotopic (exact) mass is 438 g/mol. The van der Waals surface area contributed by atoms with Gasteiger partial charge in [-0.1, -0.05) is 37.8 Å². The molecule has 0 unspecified atom stereocenters. The van der Waals surface area contributed by atoms with Gasteiger partial charge in [0, 0.05) is 0 Å². The molecular formula is C27H38F4. The topological polar surface area (TPSA) is 0 Å². The zero-order chi connectivity index (χ0) is 22.1. The lowest BCUT2D eigenvalue weighted by atomic mass is 9.74. The zero-order valence-corrected chi connectivity index (χ0v) is 18.7. The van der Waals surface area contributed by atoms with Crippen molar-refractivity contribution in [3.63, 3.8) is 0 Å². The standard InChI is InChI=1S/C27H38F4/c28-17-5-3-1-2-4-6-20-7-9-21(10-8-20)11-12-22-13-15-23(16-14-22)24-18-25(29)27(31)26(30)19-24/h2,4,18-23H,1,3,5-17H2. The SMILES string of the molecule is FCCCCC=CCC1CCC(CCC2CCC(c3cc(F)c(F)c(F)c3)CC2)CC1. The van der Waals surface area contributed by atoms with Crippen LogP contribution in [-0.4, -0.2) is 6.67 Å². The van der Waals surface area contributed by atoms with Crippen molar-refractivity contribution < 1.29 is 17.6 Å². The lowest BCUT2D eigenvalue weighted by Crippen LogP contribution is -2.18. The van der Waals surface area contributed by atoms with E-state index >= 15 is 0 Å². The fraction of sp³-hybridized carbons (Fsp3) is 0.704. The molecule has 2 aliphatic rings. The highest BCUT2D eigenvalue weighted by molar-refractivity contribution is 5.23. The van der Waals surface area contributed by atoms with E-state index in [1.807, 2.05) is 0 Å². The average molecular weight is 439 g/mol. The minimum absolute atomic E-state index is 0.154. The minimum atomic E-state index is -1.36. The van der Waals surface area contributed by atoms with E-state index in [1.165, 1.54) is 57.1 Å². The van der Waals surface area contributed by atoms with Crippen molar-refractivity contribution in [1.29, 1.82) is 0 Å². The number of benzene rings is 1. The van der Waals surface area contributed by atoms with Gasteiger partial charge in [-0.15, -0.1) is 0 Å². The number of hydrogen-bond donors (Lipinski definition) is 0. The number of hydrogen-bond acceptors (Lipinski definition) is 0. The molecule has 0 bridgehead atoms. The highest BCUT2D eigenvalue weighted by Crippen LogP contribution is 2.40. The zero-order valence-electron chi connectivity index (χ0n) is 18.7. The van der Waals surface area contributed by atoms with E-state index in [1.54, 1.807) is 0 Å². The van der Waals surface area contributed by atoms with E-state index in [9.17, 15) is 17.6 Å². The molecule has 0 heterocycles. The molecule has 0 spiro atoms. The third-order valence-corrected chi connectivity index (χ3v) is 7.66. The van der Waals surface area contributed by atoms with Crippen LogP contribution in [0, 0.1) is 35.2 Å². The number of allylic oxidation sites excluding steroid dienone is 2. The van der Waals surface area contributed by atoms with Crippen molar-refractivity contribution >= 4 is 0 Å². The Balaban J connectivity index is 1.30. The van der Waals surface area contributed by atoms with Gasteiger partial charge in [0.15, 0.2) is 17.5 Å². The fourth-order valence-electron chi connectivity index (χ4n) is 5.59. The van der Waals surface area contributed by atoms with Gasteiger partial charge in [-0.25, -0.2) is 13.2 Å². The predicted molar refractivity (Wildman–Crippen MR) is 119 cm³/mol. The third-order valence-electron chi connectivity index (χ3n) is 7.66. The Kier molecular flexibility index (Phi) is 9.93. The van der Waals surface area contributed by atoms with Gasteiger partial charge in [0.1, 0.15) is 0 Å². The number of unbranched alkanes of at least 4 members (excludes halogenated alkanes) is 2. The maximum Gasteiger partial charge on any atom is 0.194 e. The molecule has 2 fully saturated rings. The Morgan fingerprint density at radius 2 is 1.26 bits per heavy atom. The smallest absolute Gasteiger partial charge is 0.194 e. The van der Waals surface area contributed by atoms with E-state index in [-0.39, 0.29) is 12.6 Å². The van der Waals surface area contributed by atoms with Gasteiger partial charge in [-0.3, -0.25) is 4.39 Å². The van der Waals surface area contributed by atoms with Gasteiger partial charge in [0.05, 0.1) is 6.67 Å². The Hall–Kier alpha value is -1.32. The summed E-state index contributed by atoms with van der Waals surface area (Å²) in [7, 11) is 0. The number of halogens is 4. The molecule has 0 radical (unpaired) electrons. The summed E-state index contributed by atoms with van der Waals surface area (Å²) < 4.78 is 52.3. The van der Waals surface area contributed by atoms with E-state index in [4.69, 9.17) is 0 Å². The Morgan fingerprint density at radius 1 is 0.710 bits per heavy atom. The molecule has 2 aliphatic carbocycles. The summed E-state index contributed by atoms with van der Waals surface area (Å²) in [6.07, 6.45) is 20.4. The second-order valence-corrected chi connectivity index (χ2v) is 9.87. The van der Waals surface area contributed by atoms with Gasteiger partial charge < -0.3 is 0 Å². The first-order valence-corrected chi connectivity index (χ1v) is 12.4. The van der Waals surface area contributed by atoms with Crippen molar-refractivity contribution in [2.75, 3.05) is 6.67 Å². The van der Waals surface area contributed by atoms with Crippen molar-refractivity contribution in [2.45, 2.75) is 95.8 Å². The summed E-state index contributed by atoms with van der Waals surface area (Å²) in [4.78, 5) is 0. The van der Waals surface area contributed by atoms with Crippen molar-refractivity contribution in [3.8, 4) is 0 Å². The highest BCUT2D eigenvalue weighted by Gasteiger charge is 2.26. The van der Waals surface area contributed by atoms with E-state index in [2.05, 4.69) is 12.2 Å². The molecule has 0 aliphatic heterocycles. The molecular weight excluding hydrogens is 400 g/mol. The van der Waals surface area contributed by atoms with Crippen LogP contribution >= 0.6 is 0 Å². The van der Waals surface area contributed by atoms with Gasteiger partial charge in [-0.05, 0) is 106 Å². The second kappa shape index (κ2) is 12.6. The number of rotatable bonds is 10. The first-order chi connectivity index (χ1) is 15.1. The molecule has 0 atom stereocenters. The van der Waals surface area contributed by atoms with Gasteiger partial charge in [0.2, 0.25) is 0 Å². The maximum absolute atomic E-state index is 13.5. The summed E-state index contributed by atoms with van der Waals surface area (Å²) in [5, 5.41) is 0. The van der Waals surface area contributed by atoms with Crippen LogP contribution in [0.4, 0.5) is 17.6 Å². The normalized spacial score (nSPS) is 27.1. The van der Waals surface area contributed by atoms with Crippen molar-refractivity contribution in [1.82, 2.24) is 0 Å². The summed E-state index contributed by atoms with van der Waals surface area (Å²) in [5.74, 6) is -0.960. The van der Waals surface area contributed by atoms with E-state index < -0.39 is 17.5 Å². The summed E-state index contributed by atoms with van der Waals surface area (Å²) >= 11 is 0. The molecule has 3 rings (SSSR count). The molecule has 4 heteroatoms. The van der Waals surface area contributed by atoms with Crippen LogP contribution in [0.3, 0.4) is 0 Å². The molecule has 0 aromatic heterocycles. The first-order valence-electron chi connectivity index (χ1n) is 12.4. The van der Waals surface area contributed by atoms with Gasteiger partial charge >= 0.3 is 0 Å². The molecule has 0 nitrogen and oxygen atoms in total. The van der Waals surface area contributed by atoms with Crippen LogP contribution in [0.5, 0.6) is 0 Å². The fourth-order valence-corrected chi connectivity index (χ4v) is 5.59.